The maximum atomic E-state index is 9.17. The minimum absolute atomic E-state index is 0.114. The van der Waals surface area contributed by atoms with Crippen LogP contribution in [-0.2, 0) is 12.8 Å². The summed E-state index contributed by atoms with van der Waals surface area (Å²) in [7, 11) is 0. The molecule has 0 saturated heterocycles. The molecule has 3 N–H and O–H groups in total. The molecule has 16 heavy (non-hydrogen) atoms. The number of rotatable bonds is 4. The van der Waals surface area contributed by atoms with E-state index < -0.39 is 0 Å². The molecule has 2 rings (SSSR count). The Kier molecular flexibility index (Phi) is 3.84. The van der Waals surface area contributed by atoms with E-state index in [1.165, 1.54) is 5.56 Å². The summed E-state index contributed by atoms with van der Waals surface area (Å²) >= 11 is 3.50. The van der Waals surface area contributed by atoms with Gasteiger partial charge in [-0.1, -0.05) is 15.9 Å². The first-order chi connectivity index (χ1) is 7.74. The van der Waals surface area contributed by atoms with Gasteiger partial charge in [-0.25, -0.2) is 0 Å². The zero-order valence-corrected chi connectivity index (χ0v) is 10.7. The fraction of sp³-hybridized carbons (Fsp3) is 0.500. The fourth-order valence-corrected chi connectivity index (χ4v) is 2.58. The van der Waals surface area contributed by atoms with Gasteiger partial charge in [0, 0.05) is 17.5 Å². The molecule has 0 bridgehead atoms. The standard InChI is InChI=1S/C12H16BrNO2/c13-11-4-9-1-2-16-12(9)10(5-11)3-8(6-14)7-15/h4-5,8,15H,1-3,6-7,14H2. The highest BCUT2D eigenvalue weighted by molar-refractivity contribution is 9.10. The molecule has 1 aliphatic heterocycles. The second-order valence-corrected chi connectivity index (χ2v) is 5.06. The number of hydrogen-bond acceptors (Lipinski definition) is 3. The molecule has 88 valence electrons. The number of benzene rings is 1. The Morgan fingerprint density at radius 1 is 1.50 bits per heavy atom. The summed E-state index contributed by atoms with van der Waals surface area (Å²) < 4.78 is 6.70. The molecular weight excluding hydrogens is 270 g/mol. The van der Waals surface area contributed by atoms with Gasteiger partial charge >= 0.3 is 0 Å². The van der Waals surface area contributed by atoms with E-state index in [9.17, 15) is 5.11 Å². The van der Waals surface area contributed by atoms with Gasteiger partial charge in [-0.3, -0.25) is 0 Å². The van der Waals surface area contributed by atoms with Gasteiger partial charge in [-0.2, -0.15) is 0 Å². The lowest BCUT2D eigenvalue weighted by molar-refractivity contribution is 0.228. The van der Waals surface area contributed by atoms with E-state index >= 15 is 0 Å². The fourth-order valence-electron chi connectivity index (χ4n) is 2.03. The molecule has 1 aromatic rings. The molecule has 1 aromatic carbocycles. The predicted octanol–water partition coefficient (Wildman–Crippen LogP) is 1.49. The molecule has 0 aliphatic carbocycles. The van der Waals surface area contributed by atoms with Crippen molar-refractivity contribution in [1.82, 2.24) is 0 Å². The van der Waals surface area contributed by atoms with Crippen molar-refractivity contribution in [2.45, 2.75) is 12.8 Å². The van der Waals surface area contributed by atoms with Gasteiger partial charge in [0.1, 0.15) is 5.75 Å². The summed E-state index contributed by atoms with van der Waals surface area (Å²) in [6.45, 7) is 1.38. The van der Waals surface area contributed by atoms with Crippen LogP contribution in [0.3, 0.4) is 0 Å². The first-order valence-electron chi connectivity index (χ1n) is 5.49. The summed E-state index contributed by atoms with van der Waals surface area (Å²) in [6.07, 6.45) is 1.74. The molecule has 1 unspecified atom stereocenters. The van der Waals surface area contributed by atoms with Crippen LogP contribution in [0, 0.1) is 5.92 Å². The van der Waals surface area contributed by atoms with Gasteiger partial charge in [-0.05, 0) is 42.1 Å². The third kappa shape index (κ3) is 2.39. The molecule has 0 amide bonds. The van der Waals surface area contributed by atoms with Crippen molar-refractivity contribution >= 4 is 15.9 Å². The van der Waals surface area contributed by atoms with Crippen LogP contribution in [0.1, 0.15) is 11.1 Å². The summed E-state index contributed by atoms with van der Waals surface area (Å²) in [5, 5.41) is 9.17. The van der Waals surface area contributed by atoms with E-state index in [1.54, 1.807) is 0 Å². The van der Waals surface area contributed by atoms with Crippen LogP contribution in [0.4, 0.5) is 0 Å². The van der Waals surface area contributed by atoms with Crippen LogP contribution in [0.2, 0.25) is 0 Å². The third-order valence-electron chi connectivity index (χ3n) is 2.93. The molecule has 0 radical (unpaired) electrons. The second kappa shape index (κ2) is 5.17. The van der Waals surface area contributed by atoms with Crippen molar-refractivity contribution in [1.29, 1.82) is 0 Å². The van der Waals surface area contributed by atoms with Crippen molar-refractivity contribution < 1.29 is 9.84 Å². The minimum Gasteiger partial charge on any atom is -0.493 e. The first-order valence-corrected chi connectivity index (χ1v) is 6.29. The highest BCUT2D eigenvalue weighted by Crippen LogP contribution is 2.34. The quantitative estimate of drug-likeness (QED) is 0.881. The normalized spacial score (nSPS) is 15.7. The van der Waals surface area contributed by atoms with Crippen molar-refractivity contribution in [3.63, 3.8) is 0 Å². The summed E-state index contributed by atoms with van der Waals surface area (Å²) in [4.78, 5) is 0. The number of fused-ring (bicyclic) bond motifs is 1. The predicted molar refractivity (Wildman–Crippen MR) is 66.7 cm³/mol. The summed E-state index contributed by atoms with van der Waals surface area (Å²) in [5.41, 5.74) is 7.99. The van der Waals surface area contributed by atoms with Gasteiger partial charge in [0.05, 0.1) is 6.61 Å². The Morgan fingerprint density at radius 3 is 3.00 bits per heavy atom. The lowest BCUT2D eigenvalue weighted by atomic mass is 9.97. The number of ether oxygens (including phenoxy) is 1. The molecule has 0 aromatic heterocycles. The van der Waals surface area contributed by atoms with Gasteiger partial charge < -0.3 is 15.6 Å². The van der Waals surface area contributed by atoms with Crippen molar-refractivity contribution in [2.24, 2.45) is 11.7 Å². The highest BCUT2D eigenvalue weighted by Gasteiger charge is 2.19. The average Bonchev–Trinajstić information content (AvgIpc) is 2.73. The monoisotopic (exact) mass is 285 g/mol. The van der Waals surface area contributed by atoms with E-state index in [0.717, 1.165) is 35.2 Å². The third-order valence-corrected chi connectivity index (χ3v) is 3.38. The molecule has 1 aliphatic rings. The van der Waals surface area contributed by atoms with Crippen molar-refractivity contribution in [2.75, 3.05) is 19.8 Å². The molecule has 0 fully saturated rings. The number of aliphatic hydroxyl groups is 1. The molecule has 1 heterocycles. The largest absolute Gasteiger partial charge is 0.493 e. The van der Waals surface area contributed by atoms with Crippen molar-refractivity contribution in [3.8, 4) is 5.75 Å². The van der Waals surface area contributed by atoms with E-state index in [1.807, 2.05) is 0 Å². The van der Waals surface area contributed by atoms with Crippen LogP contribution in [0.25, 0.3) is 0 Å². The maximum absolute atomic E-state index is 9.17. The molecule has 4 heteroatoms. The van der Waals surface area contributed by atoms with Crippen LogP contribution in [-0.4, -0.2) is 24.9 Å². The number of halogens is 1. The van der Waals surface area contributed by atoms with Crippen LogP contribution in [0.5, 0.6) is 5.75 Å². The van der Waals surface area contributed by atoms with Gasteiger partial charge in [-0.15, -0.1) is 0 Å². The van der Waals surface area contributed by atoms with Crippen LogP contribution >= 0.6 is 15.9 Å². The number of nitrogens with two attached hydrogens (primary N) is 1. The van der Waals surface area contributed by atoms with E-state index in [4.69, 9.17) is 10.5 Å². The van der Waals surface area contributed by atoms with Gasteiger partial charge in [0.2, 0.25) is 0 Å². The SMILES string of the molecule is NCC(CO)Cc1cc(Br)cc2c1OCC2. The molecule has 3 nitrogen and oxygen atoms in total. The Labute approximate surface area is 104 Å². The second-order valence-electron chi connectivity index (χ2n) is 4.14. The Balaban J connectivity index is 2.26. The number of hydrogen-bond donors (Lipinski definition) is 2. The molecular formula is C12H16BrNO2. The lowest BCUT2D eigenvalue weighted by Crippen LogP contribution is -2.20. The van der Waals surface area contributed by atoms with E-state index in [2.05, 4.69) is 28.1 Å². The van der Waals surface area contributed by atoms with Crippen LogP contribution in [0.15, 0.2) is 16.6 Å². The topological polar surface area (TPSA) is 55.5 Å². The molecule has 0 saturated carbocycles. The zero-order valence-electron chi connectivity index (χ0n) is 9.08. The van der Waals surface area contributed by atoms with Gasteiger partial charge in [0.15, 0.2) is 0 Å². The smallest absolute Gasteiger partial charge is 0.125 e. The lowest BCUT2D eigenvalue weighted by Gasteiger charge is -2.14. The summed E-state index contributed by atoms with van der Waals surface area (Å²) in [5.74, 6) is 1.11. The Morgan fingerprint density at radius 2 is 2.31 bits per heavy atom. The van der Waals surface area contributed by atoms with Gasteiger partial charge in [0.25, 0.3) is 0 Å². The summed E-state index contributed by atoms with van der Waals surface area (Å²) in [6, 6.07) is 4.16. The van der Waals surface area contributed by atoms with Crippen LogP contribution < -0.4 is 10.5 Å². The molecule has 1 atom stereocenters. The van der Waals surface area contributed by atoms with Crippen molar-refractivity contribution in [3.05, 3.63) is 27.7 Å². The number of aliphatic hydroxyl groups excluding tert-OH is 1. The maximum Gasteiger partial charge on any atom is 0.125 e. The zero-order chi connectivity index (χ0) is 11.5. The Bertz CT molecular complexity index is 378. The highest BCUT2D eigenvalue weighted by atomic mass is 79.9. The molecule has 0 spiro atoms. The Hall–Kier alpha value is -0.580. The first kappa shape index (κ1) is 11.9. The van der Waals surface area contributed by atoms with E-state index in [0.29, 0.717) is 6.54 Å². The van der Waals surface area contributed by atoms with E-state index in [-0.39, 0.29) is 12.5 Å². The average molecular weight is 286 g/mol. The minimum atomic E-state index is 0.114.